The summed E-state index contributed by atoms with van der Waals surface area (Å²) in [6.45, 7) is 0. The van der Waals surface area contributed by atoms with Crippen LogP contribution in [0.25, 0.3) is 0 Å². The Morgan fingerprint density at radius 3 is 2.64 bits per heavy atom. The van der Waals surface area contributed by atoms with Crippen LogP contribution in [0.5, 0.6) is 0 Å². The molecule has 1 fully saturated rings. The van der Waals surface area contributed by atoms with Crippen LogP contribution in [0.4, 0.5) is 0 Å². The zero-order valence-corrected chi connectivity index (χ0v) is 9.08. The van der Waals surface area contributed by atoms with Gasteiger partial charge in [0.05, 0.1) is 5.69 Å². The molecule has 1 N–H and O–H groups in total. The van der Waals surface area contributed by atoms with Crippen molar-refractivity contribution in [2.45, 2.75) is 50.4 Å². The molecule has 0 aromatic carbocycles. The lowest BCUT2D eigenvalue weighted by Crippen LogP contribution is -2.27. The summed E-state index contributed by atoms with van der Waals surface area (Å²) in [5.74, 6) is 1.14. The maximum absolute atomic E-state index is 5.55. The molecular formula is C11H15NOS. The van der Waals surface area contributed by atoms with Crippen LogP contribution in [-0.2, 0) is 11.8 Å². The highest BCUT2D eigenvalue weighted by molar-refractivity contribution is 7.71. The fourth-order valence-electron chi connectivity index (χ4n) is 3.23. The molecule has 1 heterocycles. The van der Waals surface area contributed by atoms with Crippen LogP contribution in [-0.4, -0.2) is 4.98 Å². The van der Waals surface area contributed by atoms with Crippen molar-refractivity contribution in [1.82, 2.24) is 4.98 Å². The molecule has 14 heavy (non-hydrogen) atoms. The molecule has 2 nitrogen and oxygen atoms in total. The Bertz CT molecular complexity index is 398. The van der Waals surface area contributed by atoms with E-state index in [-0.39, 0.29) is 0 Å². The number of oxazole rings is 1. The number of nitrogens with one attached hydrogen (secondary N) is 1. The first-order valence-electron chi connectivity index (χ1n) is 5.53. The van der Waals surface area contributed by atoms with E-state index in [9.17, 15) is 0 Å². The van der Waals surface area contributed by atoms with Crippen molar-refractivity contribution < 1.29 is 4.42 Å². The highest BCUT2D eigenvalue weighted by Crippen LogP contribution is 2.48. The van der Waals surface area contributed by atoms with Crippen LogP contribution in [0.3, 0.4) is 0 Å². The molecule has 0 aliphatic heterocycles. The van der Waals surface area contributed by atoms with Gasteiger partial charge in [-0.15, -0.1) is 0 Å². The van der Waals surface area contributed by atoms with E-state index in [4.69, 9.17) is 16.6 Å². The monoisotopic (exact) mass is 209 g/mol. The van der Waals surface area contributed by atoms with Gasteiger partial charge < -0.3 is 9.40 Å². The second kappa shape index (κ2) is 2.96. The Balaban J connectivity index is 2.14. The van der Waals surface area contributed by atoms with Crippen molar-refractivity contribution in [2.24, 2.45) is 0 Å². The largest absolute Gasteiger partial charge is 0.434 e. The van der Waals surface area contributed by atoms with Gasteiger partial charge in [0.2, 0.25) is 0 Å². The summed E-state index contributed by atoms with van der Waals surface area (Å²) >= 11 is 5.08. The zero-order valence-electron chi connectivity index (χ0n) is 8.27. The van der Waals surface area contributed by atoms with Gasteiger partial charge in [0.1, 0.15) is 5.76 Å². The van der Waals surface area contributed by atoms with E-state index in [1.807, 2.05) is 0 Å². The summed E-state index contributed by atoms with van der Waals surface area (Å²) in [4.78, 5) is 3.85. The van der Waals surface area contributed by atoms with Gasteiger partial charge in [0, 0.05) is 11.8 Å². The Morgan fingerprint density at radius 1 is 1.14 bits per heavy atom. The summed E-state index contributed by atoms with van der Waals surface area (Å²) in [6, 6.07) is 0. The normalized spacial score (nSPS) is 24.0. The summed E-state index contributed by atoms with van der Waals surface area (Å²) < 4.78 is 5.55. The minimum absolute atomic E-state index is 0.411. The van der Waals surface area contributed by atoms with E-state index in [1.54, 1.807) is 0 Å². The number of hydrogen-bond donors (Lipinski definition) is 1. The van der Waals surface area contributed by atoms with Crippen molar-refractivity contribution in [1.29, 1.82) is 0 Å². The van der Waals surface area contributed by atoms with Gasteiger partial charge in [-0.1, -0.05) is 12.8 Å². The average molecular weight is 209 g/mol. The van der Waals surface area contributed by atoms with Crippen LogP contribution in [0.1, 0.15) is 50.0 Å². The lowest BCUT2D eigenvalue weighted by atomic mass is 9.74. The molecule has 0 bridgehead atoms. The Morgan fingerprint density at radius 2 is 1.86 bits per heavy atom. The molecule has 1 aromatic rings. The third-order valence-electron chi connectivity index (χ3n) is 3.87. The summed E-state index contributed by atoms with van der Waals surface area (Å²) in [7, 11) is 0. The number of fused-ring (bicyclic) bond motifs is 2. The second-order valence-electron chi connectivity index (χ2n) is 4.65. The number of rotatable bonds is 0. The summed E-state index contributed by atoms with van der Waals surface area (Å²) in [5.41, 5.74) is 1.75. The second-order valence-corrected chi connectivity index (χ2v) is 5.02. The van der Waals surface area contributed by atoms with E-state index >= 15 is 0 Å². The third-order valence-corrected chi connectivity index (χ3v) is 4.06. The van der Waals surface area contributed by atoms with Crippen LogP contribution < -0.4 is 0 Å². The van der Waals surface area contributed by atoms with Crippen molar-refractivity contribution in [3.05, 3.63) is 16.3 Å². The molecule has 1 aromatic heterocycles. The molecule has 76 valence electrons. The average Bonchev–Trinajstić information content (AvgIpc) is 2.74. The van der Waals surface area contributed by atoms with Crippen LogP contribution in [0, 0.1) is 4.84 Å². The molecule has 0 saturated heterocycles. The van der Waals surface area contributed by atoms with Crippen LogP contribution in [0.15, 0.2) is 4.42 Å². The molecule has 0 atom stereocenters. The molecule has 2 aliphatic rings. The fourth-order valence-corrected chi connectivity index (χ4v) is 3.43. The molecule has 2 aliphatic carbocycles. The van der Waals surface area contributed by atoms with Crippen molar-refractivity contribution in [2.75, 3.05) is 0 Å². The van der Waals surface area contributed by atoms with Crippen LogP contribution in [0.2, 0.25) is 0 Å². The number of H-pyrrole nitrogens is 1. The lowest BCUT2D eigenvalue weighted by Gasteiger charge is -2.31. The predicted molar refractivity (Wildman–Crippen MR) is 57.0 cm³/mol. The fraction of sp³-hybridized carbons (Fsp3) is 0.727. The first-order valence-corrected chi connectivity index (χ1v) is 5.93. The molecule has 0 unspecified atom stereocenters. The van der Waals surface area contributed by atoms with E-state index in [0.29, 0.717) is 10.3 Å². The van der Waals surface area contributed by atoms with Crippen molar-refractivity contribution in [3.8, 4) is 0 Å². The molecule has 3 rings (SSSR count). The topological polar surface area (TPSA) is 28.9 Å². The zero-order chi connectivity index (χ0) is 9.60. The molecule has 3 heteroatoms. The highest BCUT2D eigenvalue weighted by atomic mass is 32.1. The molecule has 0 radical (unpaired) electrons. The summed E-state index contributed by atoms with van der Waals surface area (Å²) in [6.07, 6.45) is 9.05. The van der Waals surface area contributed by atoms with Crippen LogP contribution >= 0.6 is 12.2 Å². The van der Waals surface area contributed by atoms with Gasteiger partial charge >= 0.3 is 0 Å². The van der Waals surface area contributed by atoms with Gasteiger partial charge in [-0.3, -0.25) is 0 Å². The van der Waals surface area contributed by atoms with E-state index in [0.717, 1.165) is 12.2 Å². The SMILES string of the molecule is S=c1[nH]c2c(o1)CCCC21CCCC1. The smallest absolute Gasteiger partial charge is 0.266 e. The maximum atomic E-state index is 5.55. The first-order chi connectivity index (χ1) is 6.80. The van der Waals surface area contributed by atoms with E-state index in [2.05, 4.69) is 4.98 Å². The van der Waals surface area contributed by atoms with Gasteiger partial charge in [0.25, 0.3) is 4.84 Å². The Labute approximate surface area is 88.7 Å². The highest BCUT2D eigenvalue weighted by Gasteiger charge is 2.41. The number of aryl methyl sites for hydroxylation is 1. The lowest BCUT2D eigenvalue weighted by molar-refractivity contribution is 0.338. The van der Waals surface area contributed by atoms with Gasteiger partial charge in [0.15, 0.2) is 0 Å². The van der Waals surface area contributed by atoms with E-state index in [1.165, 1.54) is 44.2 Å². The number of aromatic nitrogens is 1. The molecule has 0 amide bonds. The van der Waals surface area contributed by atoms with Gasteiger partial charge in [-0.05, 0) is 37.9 Å². The number of aromatic amines is 1. The quantitative estimate of drug-likeness (QED) is 0.663. The minimum Gasteiger partial charge on any atom is -0.434 e. The van der Waals surface area contributed by atoms with Crippen molar-refractivity contribution in [3.63, 3.8) is 0 Å². The number of hydrogen-bond acceptors (Lipinski definition) is 2. The molecule has 1 saturated carbocycles. The van der Waals surface area contributed by atoms with Crippen molar-refractivity contribution >= 4 is 12.2 Å². The predicted octanol–water partition coefficient (Wildman–Crippen LogP) is 3.49. The summed E-state index contributed by atoms with van der Waals surface area (Å²) in [5, 5.41) is 0. The standard InChI is InChI=1S/C11H15NOS/c14-10-12-9-8(13-10)4-3-7-11(9)5-1-2-6-11/h1-7H2,(H,12,14). The minimum atomic E-state index is 0.411. The van der Waals surface area contributed by atoms with E-state index < -0.39 is 0 Å². The first kappa shape index (κ1) is 8.72. The van der Waals surface area contributed by atoms with Gasteiger partial charge in [-0.2, -0.15) is 0 Å². The Hall–Kier alpha value is -0.570. The van der Waals surface area contributed by atoms with Gasteiger partial charge in [-0.25, -0.2) is 0 Å². The molecular weight excluding hydrogens is 194 g/mol. The third kappa shape index (κ3) is 1.11. The Kier molecular flexibility index (Phi) is 1.84. The maximum Gasteiger partial charge on any atom is 0.266 e. The molecule has 1 spiro atoms.